The van der Waals surface area contributed by atoms with Gasteiger partial charge in [-0.2, -0.15) is 0 Å². The van der Waals surface area contributed by atoms with Gasteiger partial charge in [0.15, 0.2) is 0 Å². The van der Waals surface area contributed by atoms with Crippen LogP contribution in [0.15, 0.2) is 59.5 Å². The summed E-state index contributed by atoms with van der Waals surface area (Å²) < 4.78 is 0. The van der Waals surface area contributed by atoms with Crippen molar-refractivity contribution < 1.29 is 4.79 Å². The first-order chi connectivity index (χ1) is 12.6. The van der Waals surface area contributed by atoms with Gasteiger partial charge < -0.3 is 5.32 Å². The van der Waals surface area contributed by atoms with Crippen molar-refractivity contribution in [2.24, 2.45) is 0 Å². The minimum Gasteiger partial charge on any atom is -0.324 e. The van der Waals surface area contributed by atoms with Crippen LogP contribution in [0.3, 0.4) is 0 Å². The Morgan fingerprint density at radius 1 is 1.19 bits per heavy atom. The number of hydrogen-bond donors (Lipinski definition) is 1. The Morgan fingerprint density at radius 2 is 1.92 bits per heavy atom. The molecule has 0 saturated carbocycles. The van der Waals surface area contributed by atoms with Gasteiger partial charge in [0.05, 0.1) is 17.7 Å². The molecule has 0 spiro atoms. The first-order valence-corrected chi connectivity index (χ1v) is 9.82. The molecule has 0 fully saturated rings. The van der Waals surface area contributed by atoms with E-state index >= 15 is 0 Å². The highest BCUT2D eigenvalue weighted by molar-refractivity contribution is 7.98. The summed E-state index contributed by atoms with van der Waals surface area (Å²) in [6, 6.07) is 17.7. The van der Waals surface area contributed by atoms with Crippen molar-refractivity contribution in [3.8, 4) is 0 Å². The number of nitrogens with zero attached hydrogens (tertiary/aromatic N) is 2. The Kier molecular flexibility index (Phi) is 6.14. The third-order valence-electron chi connectivity index (χ3n) is 3.98. The molecule has 0 aliphatic rings. The van der Waals surface area contributed by atoms with Gasteiger partial charge in [-0.3, -0.25) is 9.69 Å². The van der Waals surface area contributed by atoms with Gasteiger partial charge in [0.2, 0.25) is 5.91 Å². The molecule has 1 heterocycles. The molecule has 1 amide bonds. The third-order valence-corrected chi connectivity index (χ3v) is 5.11. The molecular formula is C20H20ClN3OS. The van der Waals surface area contributed by atoms with E-state index in [-0.39, 0.29) is 12.5 Å². The van der Waals surface area contributed by atoms with Crippen LogP contribution >= 0.6 is 23.4 Å². The highest BCUT2D eigenvalue weighted by Crippen LogP contribution is 2.25. The van der Waals surface area contributed by atoms with Gasteiger partial charge in [-0.1, -0.05) is 41.9 Å². The maximum atomic E-state index is 12.4. The van der Waals surface area contributed by atoms with E-state index in [1.165, 1.54) is 0 Å². The van der Waals surface area contributed by atoms with Crippen LogP contribution in [0.4, 0.5) is 5.69 Å². The van der Waals surface area contributed by atoms with Crippen LogP contribution in [-0.4, -0.2) is 35.6 Å². The van der Waals surface area contributed by atoms with E-state index < -0.39 is 0 Å². The van der Waals surface area contributed by atoms with Crippen molar-refractivity contribution in [3.05, 3.63) is 65.3 Å². The SMILES string of the molecule is CSc1ccccc1NC(=O)CN(C)Cc1cc2ccccc2nc1Cl. The highest BCUT2D eigenvalue weighted by Gasteiger charge is 2.12. The van der Waals surface area contributed by atoms with Crippen LogP contribution in [-0.2, 0) is 11.3 Å². The predicted molar refractivity (Wildman–Crippen MR) is 110 cm³/mol. The smallest absolute Gasteiger partial charge is 0.238 e. The first kappa shape index (κ1) is 18.7. The van der Waals surface area contributed by atoms with Crippen molar-refractivity contribution in [3.63, 3.8) is 0 Å². The van der Waals surface area contributed by atoms with Crippen molar-refractivity contribution in [1.82, 2.24) is 9.88 Å². The van der Waals surface area contributed by atoms with Crippen molar-refractivity contribution in [2.45, 2.75) is 11.4 Å². The normalized spacial score (nSPS) is 11.1. The number of pyridine rings is 1. The number of thioether (sulfide) groups is 1. The molecule has 3 aromatic rings. The maximum absolute atomic E-state index is 12.4. The van der Waals surface area contributed by atoms with Gasteiger partial charge >= 0.3 is 0 Å². The van der Waals surface area contributed by atoms with Crippen LogP contribution in [0.2, 0.25) is 5.15 Å². The van der Waals surface area contributed by atoms with Crippen LogP contribution in [0, 0.1) is 0 Å². The Balaban J connectivity index is 1.66. The molecule has 26 heavy (non-hydrogen) atoms. The van der Waals surface area contributed by atoms with Crippen molar-refractivity contribution in [1.29, 1.82) is 0 Å². The monoisotopic (exact) mass is 385 g/mol. The summed E-state index contributed by atoms with van der Waals surface area (Å²) in [6.07, 6.45) is 1.99. The number of carbonyl (C=O) groups is 1. The molecule has 1 N–H and O–H groups in total. The van der Waals surface area contributed by atoms with Gasteiger partial charge in [-0.05, 0) is 37.6 Å². The highest BCUT2D eigenvalue weighted by atomic mass is 35.5. The Hall–Kier alpha value is -2.08. The van der Waals surface area contributed by atoms with Gasteiger partial charge in [0, 0.05) is 22.4 Å². The molecule has 0 atom stereocenters. The zero-order chi connectivity index (χ0) is 18.5. The molecule has 4 nitrogen and oxygen atoms in total. The zero-order valence-corrected chi connectivity index (χ0v) is 16.3. The summed E-state index contributed by atoms with van der Waals surface area (Å²) in [4.78, 5) is 19.8. The second kappa shape index (κ2) is 8.54. The lowest BCUT2D eigenvalue weighted by atomic mass is 10.1. The molecule has 134 valence electrons. The number of rotatable bonds is 6. The molecule has 0 aliphatic heterocycles. The zero-order valence-electron chi connectivity index (χ0n) is 14.7. The number of aromatic nitrogens is 1. The molecule has 1 aromatic heterocycles. The number of anilines is 1. The van der Waals surface area contributed by atoms with Crippen LogP contribution in [0.5, 0.6) is 0 Å². The van der Waals surface area contributed by atoms with E-state index in [1.54, 1.807) is 11.8 Å². The minimum absolute atomic E-state index is 0.0566. The molecular weight excluding hydrogens is 366 g/mol. The summed E-state index contributed by atoms with van der Waals surface area (Å²) in [5, 5.41) is 4.49. The maximum Gasteiger partial charge on any atom is 0.238 e. The molecule has 6 heteroatoms. The number of amides is 1. The lowest BCUT2D eigenvalue weighted by molar-refractivity contribution is -0.117. The van der Waals surface area contributed by atoms with Crippen LogP contribution < -0.4 is 5.32 Å². The van der Waals surface area contributed by atoms with Crippen molar-refractivity contribution in [2.75, 3.05) is 25.2 Å². The van der Waals surface area contributed by atoms with E-state index in [0.29, 0.717) is 11.7 Å². The molecule has 0 saturated heterocycles. The lowest BCUT2D eigenvalue weighted by Crippen LogP contribution is -2.30. The Morgan fingerprint density at radius 3 is 2.73 bits per heavy atom. The number of halogens is 1. The fraction of sp³-hybridized carbons (Fsp3) is 0.200. The Bertz CT molecular complexity index is 932. The molecule has 0 unspecified atom stereocenters. The second-order valence-electron chi connectivity index (χ2n) is 6.05. The summed E-state index contributed by atoms with van der Waals surface area (Å²) in [5.41, 5.74) is 2.62. The lowest BCUT2D eigenvalue weighted by Gasteiger charge is -2.18. The van der Waals surface area contributed by atoms with Gasteiger partial charge in [-0.25, -0.2) is 4.98 Å². The van der Waals surface area contributed by atoms with Crippen molar-refractivity contribution >= 4 is 45.9 Å². The number of carbonyl (C=O) groups excluding carboxylic acids is 1. The number of nitrogens with one attached hydrogen (secondary N) is 1. The van der Waals surface area contributed by atoms with E-state index in [2.05, 4.69) is 10.3 Å². The molecule has 0 aliphatic carbocycles. The second-order valence-corrected chi connectivity index (χ2v) is 7.26. The number of para-hydroxylation sites is 2. The van der Waals surface area contributed by atoms with E-state index in [1.807, 2.05) is 72.8 Å². The quantitative estimate of drug-likeness (QED) is 0.494. The van der Waals surface area contributed by atoms with Gasteiger partial charge in [0.1, 0.15) is 5.15 Å². The number of hydrogen-bond acceptors (Lipinski definition) is 4. The average Bonchev–Trinajstić information content (AvgIpc) is 2.62. The molecule has 3 rings (SSSR count). The van der Waals surface area contributed by atoms with E-state index in [9.17, 15) is 4.79 Å². The van der Waals surface area contributed by atoms with Crippen LogP contribution in [0.25, 0.3) is 10.9 Å². The summed E-state index contributed by atoms with van der Waals surface area (Å²) >= 11 is 7.92. The van der Waals surface area contributed by atoms with Crippen LogP contribution in [0.1, 0.15) is 5.56 Å². The topological polar surface area (TPSA) is 45.2 Å². The minimum atomic E-state index is -0.0566. The third kappa shape index (κ3) is 4.55. The first-order valence-electron chi connectivity index (χ1n) is 8.22. The van der Waals surface area contributed by atoms with Gasteiger partial charge in [0.25, 0.3) is 0 Å². The standard InChI is InChI=1S/C20H20ClN3OS/c1-24(13-19(25)22-17-9-5-6-10-18(17)26-2)12-15-11-14-7-3-4-8-16(14)23-20(15)21/h3-11H,12-13H2,1-2H3,(H,22,25). The van der Waals surface area contributed by atoms with E-state index in [0.717, 1.165) is 27.0 Å². The summed E-state index contributed by atoms with van der Waals surface area (Å²) in [5.74, 6) is -0.0566. The number of benzene rings is 2. The number of likely N-dealkylation sites (N-methyl/N-ethyl adjacent to an activating group) is 1. The summed E-state index contributed by atoms with van der Waals surface area (Å²) in [7, 11) is 1.89. The molecule has 2 aromatic carbocycles. The fourth-order valence-electron chi connectivity index (χ4n) is 2.78. The predicted octanol–water partition coefficient (Wildman–Crippen LogP) is 4.68. The number of fused-ring (bicyclic) bond motifs is 1. The molecule has 0 bridgehead atoms. The van der Waals surface area contributed by atoms with E-state index in [4.69, 9.17) is 11.6 Å². The largest absolute Gasteiger partial charge is 0.324 e. The molecule has 0 radical (unpaired) electrons. The summed E-state index contributed by atoms with van der Waals surface area (Å²) in [6.45, 7) is 0.820. The van der Waals surface area contributed by atoms with Gasteiger partial charge in [-0.15, -0.1) is 11.8 Å². The Labute approximate surface area is 162 Å². The average molecular weight is 386 g/mol. The fourth-order valence-corrected chi connectivity index (χ4v) is 3.54.